The van der Waals surface area contributed by atoms with Crippen molar-refractivity contribution in [3.8, 4) is 11.5 Å². The van der Waals surface area contributed by atoms with Gasteiger partial charge in [0, 0.05) is 56.9 Å². The summed E-state index contributed by atoms with van der Waals surface area (Å²) in [5.41, 5.74) is 0.821. The number of nitrogens with one attached hydrogen (secondary N) is 1. The fraction of sp³-hybridized carbons (Fsp3) is 0.600. The van der Waals surface area contributed by atoms with Crippen LogP contribution in [-0.2, 0) is 0 Å². The third kappa shape index (κ3) is 4.10. The van der Waals surface area contributed by atoms with E-state index < -0.39 is 0 Å². The Labute approximate surface area is 120 Å². The molecule has 1 fully saturated rings. The lowest BCUT2D eigenvalue weighted by Gasteiger charge is -2.32. The van der Waals surface area contributed by atoms with Gasteiger partial charge in [-0.1, -0.05) is 6.07 Å². The molecule has 3 N–H and O–H groups in total. The van der Waals surface area contributed by atoms with Crippen LogP contribution in [0.4, 0.5) is 0 Å². The van der Waals surface area contributed by atoms with Crippen molar-refractivity contribution in [3.05, 3.63) is 23.8 Å². The second-order valence-corrected chi connectivity index (χ2v) is 5.56. The van der Waals surface area contributed by atoms with Gasteiger partial charge in [-0.2, -0.15) is 0 Å². The second kappa shape index (κ2) is 6.92. The molecule has 1 atom stereocenters. The molecular formula is C15H25N3O2. The number of piperazine rings is 1. The number of benzene rings is 1. The highest BCUT2D eigenvalue weighted by Crippen LogP contribution is 2.27. The molecule has 1 aliphatic heterocycles. The maximum absolute atomic E-state index is 9.82. The Morgan fingerprint density at radius 3 is 2.55 bits per heavy atom. The Morgan fingerprint density at radius 1 is 1.20 bits per heavy atom. The van der Waals surface area contributed by atoms with Crippen LogP contribution in [-0.4, -0.2) is 66.3 Å². The zero-order valence-electron chi connectivity index (χ0n) is 12.3. The van der Waals surface area contributed by atoms with E-state index in [4.69, 9.17) is 0 Å². The summed E-state index contributed by atoms with van der Waals surface area (Å²) in [6, 6.07) is 4.82. The van der Waals surface area contributed by atoms with Crippen molar-refractivity contribution in [2.45, 2.75) is 13.0 Å². The maximum Gasteiger partial charge on any atom is 0.124 e. The molecule has 0 amide bonds. The van der Waals surface area contributed by atoms with E-state index in [1.54, 1.807) is 12.1 Å². The molecule has 20 heavy (non-hydrogen) atoms. The van der Waals surface area contributed by atoms with E-state index in [2.05, 4.69) is 22.2 Å². The molecule has 0 bridgehead atoms. The van der Waals surface area contributed by atoms with Gasteiger partial charge in [-0.3, -0.25) is 4.90 Å². The van der Waals surface area contributed by atoms with E-state index in [1.165, 1.54) is 6.07 Å². The van der Waals surface area contributed by atoms with Crippen LogP contribution in [0.5, 0.6) is 11.5 Å². The van der Waals surface area contributed by atoms with Gasteiger partial charge in [-0.15, -0.1) is 0 Å². The number of phenols is 2. The summed E-state index contributed by atoms with van der Waals surface area (Å²) in [5.74, 6) is 0.237. The monoisotopic (exact) mass is 279 g/mol. The summed E-state index contributed by atoms with van der Waals surface area (Å²) in [5, 5.41) is 22.5. The second-order valence-electron chi connectivity index (χ2n) is 5.56. The number of hydrogen-bond donors (Lipinski definition) is 3. The van der Waals surface area contributed by atoms with Crippen molar-refractivity contribution in [2.75, 3.05) is 46.3 Å². The van der Waals surface area contributed by atoms with Gasteiger partial charge < -0.3 is 20.4 Å². The third-order valence-corrected chi connectivity index (χ3v) is 3.95. The van der Waals surface area contributed by atoms with Crippen LogP contribution < -0.4 is 5.32 Å². The first-order valence-corrected chi connectivity index (χ1v) is 7.22. The quantitative estimate of drug-likeness (QED) is 0.750. The van der Waals surface area contributed by atoms with Gasteiger partial charge in [0.15, 0.2) is 0 Å². The molecule has 1 saturated heterocycles. The van der Waals surface area contributed by atoms with Crippen LogP contribution in [0, 0.1) is 0 Å². The first kappa shape index (κ1) is 15.1. The Balaban J connectivity index is 1.76. The molecule has 0 radical (unpaired) electrons. The van der Waals surface area contributed by atoms with Crippen molar-refractivity contribution in [1.82, 2.24) is 15.1 Å². The van der Waals surface area contributed by atoms with Crippen LogP contribution in [0.15, 0.2) is 18.2 Å². The lowest BCUT2D eigenvalue weighted by atomic mass is 10.1. The standard InChI is InChI=1S/C15H25N3O2/c1-12(14-4-3-13(19)11-15(14)20)16-5-6-18-9-7-17(2)8-10-18/h3-4,11-12,16,19-20H,5-10H2,1-2H3. The molecule has 5 nitrogen and oxygen atoms in total. The average molecular weight is 279 g/mol. The first-order valence-electron chi connectivity index (χ1n) is 7.22. The van der Waals surface area contributed by atoms with Gasteiger partial charge >= 0.3 is 0 Å². The van der Waals surface area contributed by atoms with Crippen LogP contribution in [0.1, 0.15) is 18.5 Å². The van der Waals surface area contributed by atoms with E-state index in [0.29, 0.717) is 0 Å². The SMILES string of the molecule is CC(NCCN1CCN(C)CC1)c1ccc(O)cc1O. The third-order valence-electron chi connectivity index (χ3n) is 3.95. The largest absolute Gasteiger partial charge is 0.508 e. The summed E-state index contributed by atoms with van der Waals surface area (Å²) in [6.07, 6.45) is 0. The molecule has 1 unspecified atom stereocenters. The number of phenolic OH excluding ortho intramolecular Hbond substituents is 2. The van der Waals surface area contributed by atoms with Crippen LogP contribution >= 0.6 is 0 Å². The predicted octanol–water partition coefficient (Wildman–Crippen LogP) is 0.996. The molecule has 1 heterocycles. The van der Waals surface area contributed by atoms with Gasteiger partial charge in [0.25, 0.3) is 0 Å². The minimum Gasteiger partial charge on any atom is -0.508 e. The smallest absolute Gasteiger partial charge is 0.124 e. The summed E-state index contributed by atoms with van der Waals surface area (Å²) in [4.78, 5) is 4.80. The molecule has 1 aromatic carbocycles. The lowest BCUT2D eigenvalue weighted by Crippen LogP contribution is -2.46. The first-order chi connectivity index (χ1) is 9.56. The van der Waals surface area contributed by atoms with Crippen molar-refractivity contribution in [3.63, 3.8) is 0 Å². The van der Waals surface area contributed by atoms with Gasteiger partial charge in [0.2, 0.25) is 0 Å². The highest BCUT2D eigenvalue weighted by Gasteiger charge is 2.14. The average Bonchev–Trinajstić information content (AvgIpc) is 2.41. The molecule has 0 aromatic heterocycles. The summed E-state index contributed by atoms with van der Waals surface area (Å²) < 4.78 is 0. The summed E-state index contributed by atoms with van der Waals surface area (Å²) >= 11 is 0. The number of rotatable bonds is 5. The number of likely N-dealkylation sites (N-methyl/N-ethyl adjacent to an activating group) is 1. The van der Waals surface area contributed by atoms with E-state index in [-0.39, 0.29) is 17.5 Å². The highest BCUT2D eigenvalue weighted by atomic mass is 16.3. The van der Waals surface area contributed by atoms with Crippen molar-refractivity contribution in [1.29, 1.82) is 0 Å². The Bertz CT molecular complexity index is 431. The predicted molar refractivity (Wildman–Crippen MR) is 80.1 cm³/mol. The van der Waals surface area contributed by atoms with Crippen LogP contribution in [0.3, 0.4) is 0 Å². The molecular weight excluding hydrogens is 254 g/mol. The minimum atomic E-state index is 0.0723. The molecule has 112 valence electrons. The number of aromatic hydroxyl groups is 2. The van der Waals surface area contributed by atoms with Gasteiger partial charge in [0.05, 0.1) is 0 Å². The number of hydrogen-bond acceptors (Lipinski definition) is 5. The topological polar surface area (TPSA) is 59.0 Å². The van der Waals surface area contributed by atoms with Gasteiger partial charge in [-0.25, -0.2) is 0 Å². The van der Waals surface area contributed by atoms with Gasteiger partial charge in [-0.05, 0) is 20.0 Å². The Hall–Kier alpha value is -1.30. The van der Waals surface area contributed by atoms with Crippen molar-refractivity contribution in [2.24, 2.45) is 0 Å². The van der Waals surface area contributed by atoms with Crippen molar-refractivity contribution >= 4 is 0 Å². The van der Waals surface area contributed by atoms with E-state index >= 15 is 0 Å². The minimum absolute atomic E-state index is 0.0723. The zero-order chi connectivity index (χ0) is 14.5. The van der Waals surface area contributed by atoms with Crippen LogP contribution in [0.25, 0.3) is 0 Å². The molecule has 2 rings (SSSR count). The highest BCUT2D eigenvalue weighted by molar-refractivity contribution is 5.40. The zero-order valence-corrected chi connectivity index (χ0v) is 12.3. The van der Waals surface area contributed by atoms with Crippen LogP contribution in [0.2, 0.25) is 0 Å². The molecule has 0 aliphatic carbocycles. The summed E-state index contributed by atoms with van der Waals surface area (Å²) in [7, 11) is 2.16. The molecule has 5 heteroatoms. The molecule has 1 aromatic rings. The Morgan fingerprint density at radius 2 is 1.90 bits per heavy atom. The van der Waals surface area contributed by atoms with E-state index in [0.717, 1.165) is 44.8 Å². The fourth-order valence-electron chi connectivity index (χ4n) is 2.52. The molecule has 0 saturated carbocycles. The maximum atomic E-state index is 9.82. The van der Waals surface area contributed by atoms with E-state index in [9.17, 15) is 10.2 Å². The lowest BCUT2D eigenvalue weighted by molar-refractivity contribution is 0.154. The fourth-order valence-corrected chi connectivity index (χ4v) is 2.52. The molecule has 1 aliphatic rings. The summed E-state index contributed by atoms with van der Waals surface area (Å²) in [6.45, 7) is 8.45. The number of nitrogens with zero attached hydrogens (tertiary/aromatic N) is 2. The van der Waals surface area contributed by atoms with Gasteiger partial charge in [0.1, 0.15) is 11.5 Å². The normalized spacial score (nSPS) is 19.1. The van der Waals surface area contributed by atoms with Crippen molar-refractivity contribution < 1.29 is 10.2 Å². The molecule has 0 spiro atoms. The van der Waals surface area contributed by atoms with E-state index in [1.807, 2.05) is 6.92 Å². The Kier molecular flexibility index (Phi) is 5.23.